The predicted octanol–water partition coefficient (Wildman–Crippen LogP) is 3.35. The van der Waals surface area contributed by atoms with E-state index in [1.165, 1.54) is 13.2 Å². The molecule has 0 saturated heterocycles. The van der Waals surface area contributed by atoms with Crippen molar-refractivity contribution in [1.29, 1.82) is 0 Å². The molecule has 130 valence electrons. The molecule has 2 rings (SSSR count). The van der Waals surface area contributed by atoms with Crippen molar-refractivity contribution in [2.75, 3.05) is 7.11 Å². The van der Waals surface area contributed by atoms with Crippen LogP contribution in [0.5, 0.6) is 5.75 Å². The lowest BCUT2D eigenvalue weighted by Gasteiger charge is -2.09. The number of aliphatic carboxylic acids is 1. The quantitative estimate of drug-likeness (QED) is 0.585. The zero-order chi connectivity index (χ0) is 18.2. The minimum Gasteiger partial charge on any atom is -0.496 e. The largest absolute Gasteiger partial charge is 0.496 e. The first-order chi connectivity index (χ1) is 12.0. The van der Waals surface area contributed by atoms with Crippen LogP contribution in [0.2, 0.25) is 5.02 Å². The van der Waals surface area contributed by atoms with Gasteiger partial charge in [0, 0.05) is 11.4 Å². The lowest BCUT2D eigenvalue weighted by molar-refractivity contribution is -0.136. The van der Waals surface area contributed by atoms with Crippen molar-refractivity contribution < 1.29 is 19.4 Å². The molecule has 25 heavy (non-hydrogen) atoms. The standard InChI is InChI=1S/C18H17ClN2O4/c1-25-16-9-7-13(19)11-14(16)18(24)21-20-15(8-10-17(22)23)12-5-3-2-4-6-12/h2-7,9,11H,8,10H2,1H3,(H,21,24)(H,22,23). The molecular weight excluding hydrogens is 344 g/mol. The molecule has 0 aliphatic heterocycles. The summed E-state index contributed by atoms with van der Waals surface area (Å²) in [5, 5.41) is 13.4. The highest BCUT2D eigenvalue weighted by Crippen LogP contribution is 2.22. The second kappa shape index (κ2) is 8.84. The number of rotatable bonds is 7. The van der Waals surface area contributed by atoms with Crippen molar-refractivity contribution in [1.82, 2.24) is 5.43 Å². The third-order valence-corrected chi connectivity index (χ3v) is 3.62. The number of ether oxygens (including phenoxy) is 1. The van der Waals surface area contributed by atoms with Gasteiger partial charge in [-0.1, -0.05) is 41.9 Å². The monoisotopic (exact) mass is 360 g/mol. The molecule has 0 aliphatic carbocycles. The first-order valence-electron chi connectivity index (χ1n) is 7.49. The molecule has 0 atom stereocenters. The Balaban J connectivity index is 2.24. The van der Waals surface area contributed by atoms with Gasteiger partial charge in [-0.25, -0.2) is 5.43 Å². The maximum absolute atomic E-state index is 12.4. The molecule has 0 radical (unpaired) electrons. The molecule has 0 heterocycles. The summed E-state index contributed by atoms with van der Waals surface area (Å²) in [5.74, 6) is -1.07. The molecule has 0 aromatic heterocycles. The molecule has 2 aromatic rings. The van der Waals surface area contributed by atoms with Gasteiger partial charge in [0.25, 0.3) is 5.91 Å². The Hall–Kier alpha value is -2.86. The number of hydrazone groups is 1. The zero-order valence-corrected chi connectivity index (χ0v) is 14.3. The van der Waals surface area contributed by atoms with Crippen molar-refractivity contribution in [3.63, 3.8) is 0 Å². The number of halogens is 1. The van der Waals surface area contributed by atoms with Gasteiger partial charge in [-0.05, 0) is 23.8 Å². The number of benzene rings is 2. The third kappa shape index (κ3) is 5.32. The van der Waals surface area contributed by atoms with E-state index in [9.17, 15) is 9.59 Å². The second-order valence-corrected chi connectivity index (χ2v) is 5.54. The molecule has 2 aromatic carbocycles. The van der Waals surface area contributed by atoms with Gasteiger partial charge in [0.05, 0.1) is 24.8 Å². The number of hydrogen-bond donors (Lipinski definition) is 2. The van der Waals surface area contributed by atoms with E-state index < -0.39 is 11.9 Å². The van der Waals surface area contributed by atoms with Gasteiger partial charge < -0.3 is 9.84 Å². The van der Waals surface area contributed by atoms with Crippen LogP contribution in [0.1, 0.15) is 28.8 Å². The maximum Gasteiger partial charge on any atom is 0.303 e. The molecule has 0 saturated carbocycles. The van der Waals surface area contributed by atoms with Crippen LogP contribution in [0, 0.1) is 0 Å². The average molecular weight is 361 g/mol. The summed E-state index contributed by atoms with van der Waals surface area (Å²) in [6, 6.07) is 13.7. The summed E-state index contributed by atoms with van der Waals surface area (Å²) in [6.07, 6.45) is 0.0936. The molecule has 2 N–H and O–H groups in total. The minimum absolute atomic E-state index is 0.0932. The number of hydrogen-bond acceptors (Lipinski definition) is 4. The topological polar surface area (TPSA) is 88.0 Å². The average Bonchev–Trinajstić information content (AvgIpc) is 2.62. The summed E-state index contributed by atoms with van der Waals surface area (Å²) < 4.78 is 5.15. The summed E-state index contributed by atoms with van der Waals surface area (Å²) in [4.78, 5) is 23.2. The highest BCUT2D eigenvalue weighted by Gasteiger charge is 2.13. The lowest BCUT2D eigenvalue weighted by Crippen LogP contribution is -2.21. The molecule has 0 aliphatic rings. The fourth-order valence-electron chi connectivity index (χ4n) is 2.16. The number of amides is 1. The fourth-order valence-corrected chi connectivity index (χ4v) is 2.33. The number of carboxylic acids is 1. The van der Waals surface area contributed by atoms with Crippen LogP contribution in [0.4, 0.5) is 0 Å². The summed E-state index contributed by atoms with van der Waals surface area (Å²) >= 11 is 5.92. The predicted molar refractivity (Wildman–Crippen MR) is 95.3 cm³/mol. The van der Waals surface area contributed by atoms with Crippen molar-refractivity contribution >= 4 is 29.2 Å². The molecule has 7 heteroatoms. The Bertz CT molecular complexity index is 791. The summed E-state index contributed by atoms with van der Waals surface area (Å²) in [5.41, 5.74) is 3.89. The molecule has 0 fully saturated rings. The van der Waals surface area contributed by atoms with E-state index in [1.54, 1.807) is 24.3 Å². The Morgan fingerprint density at radius 3 is 2.52 bits per heavy atom. The van der Waals surface area contributed by atoms with E-state index in [0.29, 0.717) is 16.5 Å². The molecule has 0 unspecified atom stereocenters. The highest BCUT2D eigenvalue weighted by molar-refractivity contribution is 6.31. The van der Waals surface area contributed by atoms with E-state index in [1.807, 2.05) is 18.2 Å². The van der Waals surface area contributed by atoms with Crippen LogP contribution in [-0.4, -0.2) is 29.8 Å². The van der Waals surface area contributed by atoms with Crippen LogP contribution < -0.4 is 10.2 Å². The van der Waals surface area contributed by atoms with E-state index in [0.717, 1.165) is 5.56 Å². The van der Waals surface area contributed by atoms with Crippen LogP contribution in [0.15, 0.2) is 53.6 Å². The van der Waals surface area contributed by atoms with E-state index >= 15 is 0 Å². The van der Waals surface area contributed by atoms with Crippen molar-refractivity contribution in [2.45, 2.75) is 12.8 Å². The molecule has 0 bridgehead atoms. The van der Waals surface area contributed by atoms with Crippen molar-refractivity contribution in [3.8, 4) is 5.75 Å². The number of nitrogens with one attached hydrogen (secondary N) is 1. The Labute approximate surface area is 150 Å². The molecule has 1 amide bonds. The first kappa shape index (κ1) is 18.5. The fraction of sp³-hybridized carbons (Fsp3) is 0.167. The van der Waals surface area contributed by atoms with Gasteiger partial charge in [-0.15, -0.1) is 0 Å². The van der Waals surface area contributed by atoms with Crippen LogP contribution in [-0.2, 0) is 4.79 Å². The Morgan fingerprint density at radius 1 is 1.16 bits per heavy atom. The lowest BCUT2D eigenvalue weighted by atomic mass is 10.1. The smallest absolute Gasteiger partial charge is 0.303 e. The van der Waals surface area contributed by atoms with E-state index in [-0.39, 0.29) is 18.4 Å². The number of carbonyl (C=O) groups excluding carboxylic acids is 1. The van der Waals surface area contributed by atoms with Gasteiger partial charge in [0.1, 0.15) is 5.75 Å². The summed E-state index contributed by atoms with van der Waals surface area (Å²) in [6.45, 7) is 0. The van der Waals surface area contributed by atoms with Gasteiger partial charge in [0.2, 0.25) is 0 Å². The van der Waals surface area contributed by atoms with Gasteiger partial charge in [0.15, 0.2) is 0 Å². The third-order valence-electron chi connectivity index (χ3n) is 3.38. The van der Waals surface area contributed by atoms with Crippen LogP contribution in [0.3, 0.4) is 0 Å². The highest BCUT2D eigenvalue weighted by atomic mass is 35.5. The summed E-state index contributed by atoms with van der Waals surface area (Å²) in [7, 11) is 1.45. The zero-order valence-electron chi connectivity index (χ0n) is 13.5. The van der Waals surface area contributed by atoms with Crippen molar-refractivity contribution in [3.05, 3.63) is 64.7 Å². The van der Waals surface area contributed by atoms with Gasteiger partial charge in [-0.2, -0.15) is 5.10 Å². The minimum atomic E-state index is -0.938. The molecule has 6 nitrogen and oxygen atoms in total. The van der Waals surface area contributed by atoms with Gasteiger partial charge >= 0.3 is 5.97 Å². The Kier molecular flexibility index (Phi) is 6.54. The van der Waals surface area contributed by atoms with Crippen molar-refractivity contribution in [2.24, 2.45) is 5.10 Å². The molecular formula is C18H17ClN2O4. The number of methoxy groups -OCH3 is 1. The normalized spacial score (nSPS) is 11.0. The number of carboxylic acid groups (broad SMARTS) is 1. The first-order valence-corrected chi connectivity index (χ1v) is 7.86. The SMILES string of the molecule is COc1ccc(Cl)cc1C(=O)NN=C(CCC(=O)O)c1ccccc1. The van der Waals surface area contributed by atoms with Crippen LogP contribution >= 0.6 is 11.6 Å². The number of carbonyl (C=O) groups is 2. The van der Waals surface area contributed by atoms with Crippen LogP contribution in [0.25, 0.3) is 0 Å². The van der Waals surface area contributed by atoms with E-state index in [2.05, 4.69) is 10.5 Å². The van der Waals surface area contributed by atoms with Gasteiger partial charge in [-0.3, -0.25) is 9.59 Å². The second-order valence-electron chi connectivity index (χ2n) is 5.10. The number of nitrogens with zero attached hydrogens (tertiary/aromatic N) is 1. The maximum atomic E-state index is 12.4. The Morgan fingerprint density at radius 2 is 1.88 bits per heavy atom. The van der Waals surface area contributed by atoms with E-state index in [4.69, 9.17) is 21.4 Å². The molecule has 0 spiro atoms.